The number of fused-ring (bicyclic) bond motifs is 1. The predicted octanol–water partition coefficient (Wildman–Crippen LogP) is 3.03. The Labute approximate surface area is 159 Å². The van der Waals surface area contributed by atoms with Gasteiger partial charge in [-0.1, -0.05) is 6.07 Å². The van der Waals surface area contributed by atoms with Crippen molar-refractivity contribution in [3.8, 4) is 0 Å². The summed E-state index contributed by atoms with van der Waals surface area (Å²) in [7, 11) is 0. The zero-order valence-corrected chi connectivity index (χ0v) is 14.9. The first kappa shape index (κ1) is 18.5. The van der Waals surface area contributed by atoms with E-state index in [1.165, 1.54) is 10.9 Å². The average Bonchev–Trinajstić information content (AvgIpc) is 3.11. The number of rotatable bonds is 3. The second-order valence-electron chi connectivity index (χ2n) is 6.80. The fourth-order valence-corrected chi connectivity index (χ4v) is 3.47. The molecule has 4 heterocycles. The summed E-state index contributed by atoms with van der Waals surface area (Å²) in [5.41, 5.74) is 0.338. The Bertz CT molecular complexity index is 871. The number of anilines is 2. The lowest BCUT2D eigenvalue weighted by Gasteiger charge is -2.38. The number of nitrogens with zero attached hydrogens (tertiary/aromatic N) is 4. The van der Waals surface area contributed by atoms with Crippen molar-refractivity contribution in [1.82, 2.24) is 19.7 Å². The van der Waals surface area contributed by atoms with Gasteiger partial charge in [-0.15, -0.1) is 0 Å². The molecule has 28 heavy (non-hydrogen) atoms. The van der Waals surface area contributed by atoms with Gasteiger partial charge in [-0.25, -0.2) is 9.67 Å². The summed E-state index contributed by atoms with van der Waals surface area (Å²) in [5, 5.41) is 10.1. The molecule has 0 aromatic carbocycles. The van der Waals surface area contributed by atoms with Crippen molar-refractivity contribution < 1.29 is 18.0 Å². The van der Waals surface area contributed by atoms with Crippen molar-refractivity contribution in [3.05, 3.63) is 42.2 Å². The number of carbonyl (C=O) groups excluding carboxylic acids is 1. The molecule has 2 aliphatic rings. The van der Waals surface area contributed by atoms with Gasteiger partial charge in [-0.3, -0.25) is 9.69 Å². The van der Waals surface area contributed by atoms with Crippen LogP contribution in [0.1, 0.15) is 23.2 Å². The van der Waals surface area contributed by atoms with Gasteiger partial charge in [0.2, 0.25) is 0 Å². The smallest absolute Gasteiger partial charge is 0.350 e. The van der Waals surface area contributed by atoms with Crippen LogP contribution in [-0.2, 0) is 0 Å². The molecule has 1 amide bonds. The molecular weight excluding hydrogens is 373 g/mol. The first-order chi connectivity index (χ1) is 13.4. The highest BCUT2D eigenvalue weighted by molar-refractivity contribution is 6.07. The second-order valence-corrected chi connectivity index (χ2v) is 6.80. The molecule has 2 N–H and O–H groups in total. The quantitative estimate of drug-likeness (QED) is 0.840. The summed E-state index contributed by atoms with van der Waals surface area (Å²) in [4.78, 5) is 18.6. The summed E-state index contributed by atoms with van der Waals surface area (Å²) in [6.07, 6.45) is 2.27. The van der Waals surface area contributed by atoms with Gasteiger partial charge in [0, 0.05) is 25.5 Å². The monoisotopic (exact) mass is 392 g/mol. The van der Waals surface area contributed by atoms with Crippen molar-refractivity contribution in [2.75, 3.05) is 23.7 Å². The SMILES string of the molecule is O=C(Nc1ccccn1)c1cnn2c1NC(N1CCC(C(F)(F)F)CC1)C=C2. The van der Waals surface area contributed by atoms with Gasteiger partial charge in [-0.2, -0.15) is 18.3 Å². The lowest BCUT2D eigenvalue weighted by Crippen LogP contribution is -2.47. The Morgan fingerprint density at radius 1 is 1.25 bits per heavy atom. The molecule has 4 rings (SSSR count). The molecular formula is C18H19F3N6O. The Morgan fingerprint density at radius 2 is 2.04 bits per heavy atom. The lowest BCUT2D eigenvalue weighted by atomic mass is 9.96. The third-order valence-corrected chi connectivity index (χ3v) is 5.03. The molecule has 0 bridgehead atoms. The minimum absolute atomic E-state index is 0.0712. The molecule has 1 unspecified atom stereocenters. The topological polar surface area (TPSA) is 75.1 Å². The maximum atomic E-state index is 12.9. The third-order valence-electron chi connectivity index (χ3n) is 5.03. The minimum atomic E-state index is -4.14. The Hall–Kier alpha value is -2.88. The van der Waals surface area contributed by atoms with E-state index in [-0.39, 0.29) is 24.9 Å². The van der Waals surface area contributed by atoms with Crippen LogP contribution in [0.4, 0.5) is 24.8 Å². The largest absolute Gasteiger partial charge is 0.391 e. The molecule has 0 aliphatic carbocycles. The molecule has 0 radical (unpaired) electrons. The van der Waals surface area contributed by atoms with Gasteiger partial charge in [0.25, 0.3) is 5.91 Å². The van der Waals surface area contributed by atoms with Gasteiger partial charge in [0.15, 0.2) is 0 Å². The normalized spacial score (nSPS) is 20.5. The standard InChI is InChI=1S/C18H19F3N6O/c19-18(20,21)12-4-8-26(9-5-12)15-6-10-27-16(25-15)13(11-23-27)17(28)24-14-3-1-2-7-22-14/h1-3,6-7,10-12,15,25H,4-5,8-9H2,(H,22,24,28). The van der Waals surface area contributed by atoms with E-state index < -0.39 is 12.1 Å². The summed E-state index contributed by atoms with van der Waals surface area (Å²) >= 11 is 0. The molecule has 148 valence electrons. The van der Waals surface area contributed by atoms with Gasteiger partial charge < -0.3 is 10.6 Å². The van der Waals surface area contributed by atoms with E-state index in [9.17, 15) is 18.0 Å². The van der Waals surface area contributed by atoms with E-state index in [1.54, 1.807) is 30.6 Å². The Morgan fingerprint density at radius 3 is 2.71 bits per heavy atom. The van der Waals surface area contributed by atoms with E-state index in [4.69, 9.17) is 0 Å². The molecule has 0 spiro atoms. The third kappa shape index (κ3) is 3.72. The van der Waals surface area contributed by atoms with Gasteiger partial charge in [0.1, 0.15) is 23.4 Å². The summed E-state index contributed by atoms with van der Waals surface area (Å²) in [5.74, 6) is -0.692. The van der Waals surface area contributed by atoms with Gasteiger partial charge >= 0.3 is 6.18 Å². The average molecular weight is 392 g/mol. The highest BCUT2D eigenvalue weighted by atomic mass is 19.4. The number of alkyl halides is 3. The molecule has 10 heteroatoms. The van der Waals surface area contributed by atoms with Crippen LogP contribution in [0, 0.1) is 5.92 Å². The highest BCUT2D eigenvalue weighted by Gasteiger charge is 2.42. The van der Waals surface area contributed by atoms with Crippen LogP contribution in [0.25, 0.3) is 6.20 Å². The fraction of sp³-hybridized carbons (Fsp3) is 0.389. The fourth-order valence-electron chi connectivity index (χ4n) is 3.47. The van der Waals surface area contributed by atoms with Crippen LogP contribution in [0.5, 0.6) is 0 Å². The van der Waals surface area contributed by atoms with Gasteiger partial charge in [0.05, 0.1) is 12.1 Å². The number of carbonyl (C=O) groups is 1. The number of piperidine rings is 1. The van der Waals surface area contributed by atoms with Crippen LogP contribution in [0.15, 0.2) is 36.7 Å². The van der Waals surface area contributed by atoms with Crippen LogP contribution in [-0.4, -0.2) is 51.0 Å². The molecule has 2 aromatic rings. The van der Waals surface area contributed by atoms with Crippen molar-refractivity contribution >= 4 is 23.7 Å². The molecule has 2 aliphatic heterocycles. The van der Waals surface area contributed by atoms with E-state index >= 15 is 0 Å². The first-order valence-corrected chi connectivity index (χ1v) is 8.97. The van der Waals surface area contributed by atoms with E-state index in [2.05, 4.69) is 20.7 Å². The van der Waals surface area contributed by atoms with Gasteiger partial charge in [-0.05, 0) is 31.1 Å². The summed E-state index contributed by atoms with van der Waals surface area (Å²) < 4.78 is 40.2. The molecule has 2 aromatic heterocycles. The number of likely N-dealkylation sites (tertiary alicyclic amines) is 1. The molecule has 1 saturated heterocycles. The summed E-state index contributed by atoms with van der Waals surface area (Å²) in [6, 6.07) is 5.18. The number of hydrogen-bond acceptors (Lipinski definition) is 5. The number of amides is 1. The van der Waals surface area contributed by atoms with Crippen molar-refractivity contribution in [2.45, 2.75) is 25.2 Å². The first-order valence-electron chi connectivity index (χ1n) is 8.97. The highest BCUT2D eigenvalue weighted by Crippen LogP contribution is 2.35. The predicted molar refractivity (Wildman–Crippen MR) is 97.5 cm³/mol. The van der Waals surface area contributed by atoms with Crippen LogP contribution >= 0.6 is 0 Å². The maximum absolute atomic E-state index is 12.9. The molecule has 0 saturated carbocycles. The zero-order chi connectivity index (χ0) is 19.7. The van der Waals surface area contributed by atoms with Crippen molar-refractivity contribution in [2.24, 2.45) is 5.92 Å². The van der Waals surface area contributed by atoms with E-state index in [1.807, 2.05) is 11.0 Å². The Balaban J connectivity index is 1.44. The lowest BCUT2D eigenvalue weighted by molar-refractivity contribution is -0.185. The summed E-state index contributed by atoms with van der Waals surface area (Å²) in [6.45, 7) is 0.658. The molecule has 7 nitrogen and oxygen atoms in total. The Kier molecular flexibility index (Phi) is 4.80. The van der Waals surface area contributed by atoms with E-state index in [0.717, 1.165) is 0 Å². The minimum Gasteiger partial charge on any atom is -0.350 e. The van der Waals surface area contributed by atoms with E-state index in [0.29, 0.717) is 30.3 Å². The molecule has 1 atom stereocenters. The zero-order valence-electron chi connectivity index (χ0n) is 14.9. The number of nitrogens with one attached hydrogen (secondary N) is 2. The number of hydrogen-bond donors (Lipinski definition) is 2. The number of aromatic nitrogens is 3. The van der Waals surface area contributed by atoms with Crippen LogP contribution < -0.4 is 10.6 Å². The van der Waals surface area contributed by atoms with Crippen molar-refractivity contribution in [1.29, 1.82) is 0 Å². The van der Waals surface area contributed by atoms with Crippen molar-refractivity contribution in [3.63, 3.8) is 0 Å². The second kappa shape index (κ2) is 7.27. The molecule has 1 fully saturated rings. The number of halogens is 3. The maximum Gasteiger partial charge on any atom is 0.391 e. The number of pyridine rings is 1. The van der Waals surface area contributed by atoms with Crippen LogP contribution in [0.2, 0.25) is 0 Å². The van der Waals surface area contributed by atoms with Crippen LogP contribution in [0.3, 0.4) is 0 Å².